The van der Waals surface area contributed by atoms with Gasteiger partial charge in [0.1, 0.15) is 0 Å². The van der Waals surface area contributed by atoms with Crippen LogP contribution in [0.3, 0.4) is 0 Å². The molecule has 1 aliphatic rings. The van der Waals surface area contributed by atoms with Crippen LogP contribution in [0.1, 0.15) is 16.8 Å². The van der Waals surface area contributed by atoms with Crippen molar-refractivity contribution in [2.45, 2.75) is 11.8 Å². The molecule has 0 atom stereocenters. The zero-order valence-corrected chi connectivity index (χ0v) is 15.2. The fourth-order valence-corrected chi connectivity index (χ4v) is 3.52. The highest BCUT2D eigenvalue weighted by molar-refractivity contribution is 7.89. The van der Waals surface area contributed by atoms with Crippen LogP contribution in [0.5, 0.6) is 0 Å². The van der Waals surface area contributed by atoms with Crippen LogP contribution in [0.4, 0.5) is 5.69 Å². The molecule has 3 aromatic rings. The first-order chi connectivity index (χ1) is 12.8. The van der Waals surface area contributed by atoms with Gasteiger partial charge in [0.05, 0.1) is 21.8 Å². The van der Waals surface area contributed by atoms with Gasteiger partial charge in [0.25, 0.3) is 5.56 Å². The first kappa shape index (κ1) is 17.2. The Labute approximate surface area is 155 Å². The average molecular weight is 380 g/mol. The van der Waals surface area contributed by atoms with E-state index < -0.39 is 10.0 Å². The first-order valence-electron chi connectivity index (χ1n) is 8.14. The summed E-state index contributed by atoms with van der Waals surface area (Å²) in [5.41, 5.74) is 4.20. The van der Waals surface area contributed by atoms with Gasteiger partial charge in [-0.05, 0) is 43.3 Å². The number of H-pyrrole nitrogens is 1. The zero-order valence-electron chi connectivity index (χ0n) is 14.4. The Morgan fingerprint density at radius 1 is 1.11 bits per heavy atom. The SMILES string of the molecule is Cc1[nH]n(-c2ccc(S(N)(=O)=O)cc2)c(=O)c1C=C1C=Nc2ccccc21. The molecule has 0 saturated carbocycles. The molecule has 0 fully saturated rings. The molecule has 1 aromatic heterocycles. The lowest BCUT2D eigenvalue weighted by Gasteiger charge is -2.03. The molecule has 0 aliphatic carbocycles. The number of nitrogens with zero attached hydrogens (tertiary/aromatic N) is 2. The number of aryl methyl sites for hydroxylation is 1. The van der Waals surface area contributed by atoms with E-state index in [1.54, 1.807) is 19.2 Å². The van der Waals surface area contributed by atoms with Gasteiger partial charge in [-0.2, -0.15) is 0 Å². The third-order valence-corrected chi connectivity index (χ3v) is 5.33. The van der Waals surface area contributed by atoms with Gasteiger partial charge in [0.15, 0.2) is 0 Å². The molecule has 0 bridgehead atoms. The van der Waals surface area contributed by atoms with E-state index in [4.69, 9.17) is 5.14 Å². The second-order valence-corrected chi connectivity index (χ2v) is 7.77. The second-order valence-electron chi connectivity index (χ2n) is 6.20. The van der Waals surface area contributed by atoms with E-state index in [0.29, 0.717) is 16.9 Å². The molecule has 27 heavy (non-hydrogen) atoms. The fraction of sp³-hybridized carbons (Fsp3) is 0.0526. The number of aliphatic imine (C=N–C) groups is 1. The second kappa shape index (κ2) is 6.19. The quantitative estimate of drug-likeness (QED) is 0.728. The molecular weight excluding hydrogens is 364 g/mol. The number of hydrogen-bond donors (Lipinski definition) is 2. The van der Waals surface area contributed by atoms with Crippen molar-refractivity contribution < 1.29 is 8.42 Å². The third kappa shape index (κ3) is 3.05. The Morgan fingerprint density at radius 2 is 1.81 bits per heavy atom. The molecule has 1 aliphatic heterocycles. The van der Waals surface area contributed by atoms with Crippen LogP contribution in [0.25, 0.3) is 17.3 Å². The third-order valence-electron chi connectivity index (χ3n) is 4.40. The van der Waals surface area contributed by atoms with E-state index in [1.807, 2.05) is 24.3 Å². The maximum absolute atomic E-state index is 12.9. The first-order valence-corrected chi connectivity index (χ1v) is 9.69. The standard InChI is InChI=1S/C19H16N4O3S/c1-12-17(10-13-11-21-18-5-3-2-4-16(13)18)19(24)23(22-12)14-6-8-15(9-7-14)27(20,25)26/h2-11,22H,1H3,(H2,20,25,26). The van der Waals surface area contributed by atoms with Gasteiger partial charge in [0.2, 0.25) is 10.0 Å². The summed E-state index contributed by atoms with van der Waals surface area (Å²) in [5.74, 6) is 0. The summed E-state index contributed by atoms with van der Waals surface area (Å²) in [7, 11) is -3.78. The number of sulfonamides is 1. The van der Waals surface area contributed by atoms with E-state index in [9.17, 15) is 13.2 Å². The molecule has 2 heterocycles. The maximum Gasteiger partial charge on any atom is 0.278 e. The number of nitrogens with one attached hydrogen (secondary N) is 1. The van der Waals surface area contributed by atoms with Crippen molar-refractivity contribution in [1.29, 1.82) is 0 Å². The molecule has 4 rings (SSSR count). The number of fused-ring (bicyclic) bond motifs is 1. The highest BCUT2D eigenvalue weighted by Gasteiger charge is 2.16. The zero-order chi connectivity index (χ0) is 19.2. The van der Waals surface area contributed by atoms with E-state index in [1.165, 1.54) is 28.9 Å². The summed E-state index contributed by atoms with van der Waals surface area (Å²) in [6.07, 6.45) is 3.54. The Balaban J connectivity index is 1.77. The van der Waals surface area contributed by atoms with Crippen LogP contribution in [0.15, 0.2) is 63.2 Å². The summed E-state index contributed by atoms with van der Waals surface area (Å²) in [6.45, 7) is 1.81. The minimum atomic E-state index is -3.78. The number of rotatable bonds is 3. The lowest BCUT2D eigenvalue weighted by atomic mass is 10.0. The molecule has 0 amide bonds. The Bertz CT molecular complexity index is 1260. The molecule has 0 spiro atoms. The predicted molar refractivity (Wildman–Crippen MR) is 105 cm³/mol. The van der Waals surface area contributed by atoms with Gasteiger partial charge >= 0.3 is 0 Å². The predicted octanol–water partition coefficient (Wildman–Crippen LogP) is 2.38. The monoisotopic (exact) mass is 380 g/mol. The molecule has 8 heteroatoms. The summed E-state index contributed by atoms with van der Waals surface area (Å²) < 4.78 is 24.1. The van der Waals surface area contributed by atoms with Crippen LogP contribution in [-0.2, 0) is 10.0 Å². The van der Waals surface area contributed by atoms with Gasteiger partial charge in [-0.1, -0.05) is 18.2 Å². The number of allylic oxidation sites excluding steroid dienone is 1. The largest absolute Gasteiger partial charge is 0.295 e. The normalized spacial score (nSPS) is 14.7. The van der Waals surface area contributed by atoms with Crippen LogP contribution in [-0.4, -0.2) is 24.4 Å². The summed E-state index contributed by atoms with van der Waals surface area (Å²) in [4.78, 5) is 17.2. The van der Waals surface area contributed by atoms with Crippen LogP contribution < -0.4 is 10.7 Å². The molecule has 136 valence electrons. The number of nitrogens with two attached hydrogens (primary N) is 1. The molecule has 2 aromatic carbocycles. The Hall–Kier alpha value is -3.23. The van der Waals surface area contributed by atoms with Gasteiger partial charge in [-0.25, -0.2) is 18.2 Å². The van der Waals surface area contributed by atoms with E-state index in [-0.39, 0.29) is 10.5 Å². The van der Waals surface area contributed by atoms with Crippen molar-refractivity contribution in [2.75, 3.05) is 0 Å². The van der Waals surface area contributed by atoms with E-state index in [0.717, 1.165) is 16.8 Å². The Kier molecular flexibility index (Phi) is 3.94. The van der Waals surface area contributed by atoms with Crippen molar-refractivity contribution in [3.05, 3.63) is 75.7 Å². The van der Waals surface area contributed by atoms with Crippen LogP contribution in [0.2, 0.25) is 0 Å². The molecular formula is C19H16N4O3S. The van der Waals surface area contributed by atoms with Crippen LogP contribution >= 0.6 is 0 Å². The van der Waals surface area contributed by atoms with Crippen LogP contribution in [0, 0.1) is 6.92 Å². The van der Waals surface area contributed by atoms with Crippen molar-refractivity contribution >= 4 is 33.6 Å². The number of para-hydroxylation sites is 1. The molecule has 0 unspecified atom stereocenters. The summed E-state index contributed by atoms with van der Waals surface area (Å²) in [5, 5.41) is 8.13. The van der Waals surface area contributed by atoms with Gasteiger partial charge < -0.3 is 0 Å². The minimum Gasteiger partial charge on any atom is -0.295 e. The number of hydrogen-bond acceptors (Lipinski definition) is 4. The number of aromatic nitrogens is 2. The number of aromatic amines is 1. The summed E-state index contributed by atoms with van der Waals surface area (Å²) >= 11 is 0. The highest BCUT2D eigenvalue weighted by Crippen LogP contribution is 2.32. The van der Waals surface area contributed by atoms with Crippen molar-refractivity contribution in [3.8, 4) is 5.69 Å². The molecule has 3 N–H and O–H groups in total. The van der Waals surface area contributed by atoms with E-state index in [2.05, 4.69) is 10.1 Å². The molecule has 0 saturated heterocycles. The van der Waals surface area contributed by atoms with Gasteiger partial charge in [-0.3, -0.25) is 14.9 Å². The number of benzene rings is 2. The average Bonchev–Trinajstić information content (AvgIpc) is 3.17. The number of primary sulfonamides is 1. The van der Waals surface area contributed by atoms with Crippen molar-refractivity contribution in [3.63, 3.8) is 0 Å². The highest BCUT2D eigenvalue weighted by atomic mass is 32.2. The van der Waals surface area contributed by atoms with Gasteiger partial charge in [-0.15, -0.1) is 0 Å². The fourth-order valence-electron chi connectivity index (χ4n) is 3.01. The molecule has 0 radical (unpaired) electrons. The van der Waals surface area contributed by atoms with Gasteiger partial charge in [0, 0.05) is 23.0 Å². The van der Waals surface area contributed by atoms with Crippen molar-refractivity contribution in [1.82, 2.24) is 9.78 Å². The lowest BCUT2D eigenvalue weighted by Crippen LogP contribution is -2.17. The van der Waals surface area contributed by atoms with E-state index >= 15 is 0 Å². The Morgan fingerprint density at radius 3 is 2.52 bits per heavy atom. The summed E-state index contributed by atoms with van der Waals surface area (Å²) in [6, 6.07) is 13.5. The maximum atomic E-state index is 12.9. The minimum absolute atomic E-state index is 0.0105. The topological polar surface area (TPSA) is 110 Å². The smallest absolute Gasteiger partial charge is 0.278 e. The molecule has 7 nitrogen and oxygen atoms in total. The lowest BCUT2D eigenvalue weighted by molar-refractivity contribution is 0.598. The van der Waals surface area contributed by atoms with Crippen molar-refractivity contribution in [2.24, 2.45) is 10.1 Å².